The summed E-state index contributed by atoms with van der Waals surface area (Å²) in [5.74, 6) is 0. The van der Waals surface area contributed by atoms with E-state index in [0.717, 1.165) is 17.9 Å². The molecule has 2 heteroatoms. The first-order valence-electron chi connectivity index (χ1n) is 7.50. The molecular weight excluding hydrogens is 232 g/mol. The van der Waals surface area contributed by atoms with Crippen LogP contribution in [0.15, 0.2) is 12.1 Å². The van der Waals surface area contributed by atoms with Crippen LogP contribution in [0.5, 0.6) is 0 Å². The summed E-state index contributed by atoms with van der Waals surface area (Å²) in [5.41, 5.74) is 4.02. The third-order valence-corrected chi connectivity index (χ3v) is 3.33. The van der Waals surface area contributed by atoms with E-state index in [-0.39, 0.29) is 0 Å². The minimum atomic E-state index is 0.392. The molecule has 0 aliphatic rings. The van der Waals surface area contributed by atoms with Gasteiger partial charge in [0.25, 0.3) is 0 Å². The van der Waals surface area contributed by atoms with Gasteiger partial charge in [0, 0.05) is 17.4 Å². The van der Waals surface area contributed by atoms with Crippen molar-refractivity contribution < 1.29 is 0 Å². The first-order chi connectivity index (χ1) is 8.81. The average molecular weight is 262 g/mol. The molecule has 1 unspecified atom stereocenters. The lowest BCUT2D eigenvalue weighted by Crippen LogP contribution is -2.24. The molecule has 19 heavy (non-hydrogen) atoms. The van der Waals surface area contributed by atoms with Crippen LogP contribution >= 0.6 is 0 Å². The summed E-state index contributed by atoms with van der Waals surface area (Å²) in [4.78, 5) is 4.48. The molecule has 0 aliphatic carbocycles. The van der Waals surface area contributed by atoms with Gasteiger partial charge >= 0.3 is 0 Å². The highest BCUT2D eigenvalue weighted by atomic mass is 14.9. The number of hydrogen-bond acceptors (Lipinski definition) is 2. The predicted octanol–water partition coefficient (Wildman–Crippen LogP) is 4.57. The molecule has 1 aromatic rings. The number of nitrogens with one attached hydrogen (secondary N) is 1. The molecular formula is C17H30N2. The smallest absolute Gasteiger partial charge is 0.0379 e. The normalized spacial score (nSPS) is 13.6. The van der Waals surface area contributed by atoms with Crippen LogP contribution in [-0.4, -0.2) is 11.5 Å². The van der Waals surface area contributed by atoms with Gasteiger partial charge in [-0.2, -0.15) is 0 Å². The summed E-state index contributed by atoms with van der Waals surface area (Å²) in [6.45, 7) is 14.4. The molecule has 1 atom stereocenters. The number of nitrogens with zero attached hydrogens (tertiary/aromatic N) is 1. The van der Waals surface area contributed by atoms with Crippen molar-refractivity contribution >= 4 is 0 Å². The Labute approximate surface area is 119 Å². The van der Waals surface area contributed by atoms with Gasteiger partial charge in [-0.3, -0.25) is 4.98 Å². The zero-order valence-electron chi connectivity index (χ0n) is 13.5. The lowest BCUT2D eigenvalue weighted by molar-refractivity contribution is 0.332. The maximum absolute atomic E-state index is 4.48. The fourth-order valence-corrected chi connectivity index (χ4v) is 2.35. The van der Waals surface area contributed by atoms with Crippen molar-refractivity contribution in [2.45, 2.75) is 66.8 Å². The Balaban J connectivity index is 2.82. The maximum atomic E-state index is 4.48. The van der Waals surface area contributed by atoms with E-state index in [1.807, 2.05) is 0 Å². The third kappa shape index (κ3) is 6.20. The largest absolute Gasteiger partial charge is 0.310 e. The van der Waals surface area contributed by atoms with Crippen LogP contribution in [0.4, 0.5) is 0 Å². The van der Waals surface area contributed by atoms with Gasteiger partial charge in [-0.25, -0.2) is 0 Å². The summed E-state index contributed by atoms with van der Waals surface area (Å²) >= 11 is 0. The molecule has 0 aliphatic heterocycles. The molecule has 0 radical (unpaired) electrons. The Kier molecular flexibility index (Phi) is 5.99. The number of rotatable bonds is 6. The van der Waals surface area contributed by atoms with Gasteiger partial charge in [-0.1, -0.05) is 27.7 Å². The molecule has 1 N–H and O–H groups in total. The van der Waals surface area contributed by atoms with Gasteiger partial charge < -0.3 is 5.32 Å². The second kappa shape index (κ2) is 7.04. The molecule has 0 bridgehead atoms. The zero-order chi connectivity index (χ0) is 14.5. The minimum Gasteiger partial charge on any atom is -0.310 e. The first kappa shape index (κ1) is 16.2. The van der Waals surface area contributed by atoms with E-state index >= 15 is 0 Å². The fraction of sp³-hybridized carbons (Fsp3) is 0.706. The monoisotopic (exact) mass is 262 g/mol. The van der Waals surface area contributed by atoms with E-state index in [9.17, 15) is 0 Å². The van der Waals surface area contributed by atoms with Crippen LogP contribution in [0.2, 0.25) is 0 Å². The van der Waals surface area contributed by atoms with E-state index in [0.29, 0.717) is 11.5 Å². The summed E-state index contributed by atoms with van der Waals surface area (Å²) in [7, 11) is 0. The summed E-state index contributed by atoms with van der Waals surface area (Å²) < 4.78 is 0. The molecule has 0 saturated heterocycles. The van der Waals surface area contributed by atoms with Crippen LogP contribution in [0.1, 0.15) is 70.0 Å². The van der Waals surface area contributed by atoms with Crippen molar-refractivity contribution in [3.05, 3.63) is 29.1 Å². The molecule has 1 rings (SSSR count). The molecule has 1 heterocycles. The quantitative estimate of drug-likeness (QED) is 0.812. The van der Waals surface area contributed by atoms with E-state index in [1.165, 1.54) is 24.8 Å². The molecule has 0 aromatic carbocycles. The summed E-state index contributed by atoms with van der Waals surface area (Å²) in [6, 6.07) is 4.91. The zero-order valence-corrected chi connectivity index (χ0v) is 13.5. The van der Waals surface area contributed by atoms with Crippen LogP contribution in [0.3, 0.4) is 0 Å². The SMILES string of the molecule is CCCNC(CCC(C)(C)C)c1cc(C)nc(C)c1. The molecule has 0 amide bonds. The molecule has 1 aromatic heterocycles. The van der Waals surface area contributed by atoms with E-state index in [1.54, 1.807) is 0 Å². The Morgan fingerprint density at radius 3 is 2.21 bits per heavy atom. The van der Waals surface area contributed by atoms with Gasteiger partial charge in [-0.15, -0.1) is 0 Å². The van der Waals surface area contributed by atoms with Crippen LogP contribution in [-0.2, 0) is 0 Å². The lowest BCUT2D eigenvalue weighted by atomic mass is 9.87. The second-order valence-corrected chi connectivity index (χ2v) is 6.79. The topological polar surface area (TPSA) is 24.9 Å². The van der Waals surface area contributed by atoms with E-state index in [4.69, 9.17) is 0 Å². The predicted molar refractivity (Wildman–Crippen MR) is 83.4 cm³/mol. The van der Waals surface area contributed by atoms with Crippen LogP contribution in [0.25, 0.3) is 0 Å². The maximum Gasteiger partial charge on any atom is 0.0379 e. The van der Waals surface area contributed by atoms with Crippen molar-refractivity contribution in [3.63, 3.8) is 0 Å². The van der Waals surface area contributed by atoms with Gasteiger partial charge in [0.2, 0.25) is 0 Å². The van der Waals surface area contributed by atoms with Crippen molar-refractivity contribution in [1.82, 2.24) is 10.3 Å². The number of hydrogen-bond donors (Lipinski definition) is 1. The second-order valence-electron chi connectivity index (χ2n) is 6.79. The fourth-order valence-electron chi connectivity index (χ4n) is 2.35. The highest BCUT2D eigenvalue weighted by Crippen LogP contribution is 2.28. The van der Waals surface area contributed by atoms with Gasteiger partial charge in [0.1, 0.15) is 0 Å². The molecule has 0 fully saturated rings. The number of aryl methyl sites for hydroxylation is 2. The Morgan fingerprint density at radius 2 is 1.74 bits per heavy atom. The first-order valence-corrected chi connectivity index (χ1v) is 7.50. The lowest BCUT2D eigenvalue weighted by Gasteiger charge is -2.25. The number of aromatic nitrogens is 1. The Hall–Kier alpha value is -0.890. The molecule has 108 valence electrons. The van der Waals surface area contributed by atoms with Gasteiger partial charge in [0.15, 0.2) is 0 Å². The van der Waals surface area contributed by atoms with Crippen molar-refractivity contribution in [2.75, 3.05) is 6.54 Å². The van der Waals surface area contributed by atoms with Gasteiger partial charge in [-0.05, 0) is 62.8 Å². The van der Waals surface area contributed by atoms with Gasteiger partial charge in [0.05, 0.1) is 0 Å². The molecule has 0 spiro atoms. The standard InChI is InChI=1S/C17H30N2/c1-7-10-18-16(8-9-17(4,5)6)15-11-13(2)19-14(3)12-15/h11-12,16,18H,7-10H2,1-6H3. The van der Waals surface area contributed by atoms with E-state index < -0.39 is 0 Å². The summed E-state index contributed by atoms with van der Waals surface area (Å²) in [5, 5.41) is 3.68. The Morgan fingerprint density at radius 1 is 1.16 bits per heavy atom. The van der Waals surface area contributed by atoms with Crippen LogP contribution in [0, 0.1) is 19.3 Å². The molecule has 2 nitrogen and oxygen atoms in total. The molecule has 0 saturated carbocycles. The number of pyridine rings is 1. The average Bonchev–Trinajstić information content (AvgIpc) is 2.26. The third-order valence-electron chi connectivity index (χ3n) is 3.33. The van der Waals surface area contributed by atoms with Crippen LogP contribution < -0.4 is 5.32 Å². The highest BCUT2D eigenvalue weighted by Gasteiger charge is 2.17. The highest BCUT2D eigenvalue weighted by molar-refractivity contribution is 5.23. The van der Waals surface area contributed by atoms with Crippen molar-refractivity contribution in [3.8, 4) is 0 Å². The Bertz CT molecular complexity index is 370. The van der Waals surface area contributed by atoms with E-state index in [2.05, 4.69) is 64.0 Å². The van der Waals surface area contributed by atoms with Crippen molar-refractivity contribution in [1.29, 1.82) is 0 Å². The summed E-state index contributed by atoms with van der Waals surface area (Å²) in [6.07, 6.45) is 3.59. The van der Waals surface area contributed by atoms with Crippen molar-refractivity contribution in [2.24, 2.45) is 5.41 Å². The minimum absolute atomic E-state index is 0.392.